The summed E-state index contributed by atoms with van der Waals surface area (Å²) in [4.78, 5) is 5.77. The predicted molar refractivity (Wildman–Crippen MR) is 76.4 cm³/mol. The van der Waals surface area contributed by atoms with E-state index in [4.69, 9.17) is 4.52 Å². The van der Waals surface area contributed by atoms with Crippen LogP contribution in [0.25, 0.3) is 0 Å². The van der Waals surface area contributed by atoms with Gasteiger partial charge in [0.25, 0.3) is 0 Å². The summed E-state index contributed by atoms with van der Waals surface area (Å²) in [6, 6.07) is 1.70. The fourth-order valence-corrected chi connectivity index (χ4v) is 2.10. The molecular weight excluding hydrogens is 313 g/mol. The van der Waals surface area contributed by atoms with E-state index in [9.17, 15) is 13.2 Å². The zero-order valence-electron chi connectivity index (χ0n) is 12.9. The maximum Gasteiger partial charge on any atom is 0.435 e. The molecular formula is C13H17F3N6O. The number of guanidine groups is 1. The average molecular weight is 330 g/mol. The molecule has 10 heteroatoms. The van der Waals surface area contributed by atoms with Gasteiger partial charge in [-0.2, -0.15) is 18.3 Å². The summed E-state index contributed by atoms with van der Waals surface area (Å²) >= 11 is 0. The first-order valence-electron chi connectivity index (χ1n) is 6.72. The Morgan fingerprint density at radius 1 is 1.48 bits per heavy atom. The summed E-state index contributed by atoms with van der Waals surface area (Å²) in [5.74, 6) is 0.435. The number of nitrogens with one attached hydrogen (secondary N) is 1. The van der Waals surface area contributed by atoms with E-state index in [0.29, 0.717) is 18.2 Å². The molecule has 2 aromatic rings. The van der Waals surface area contributed by atoms with Crippen molar-refractivity contribution in [2.75, 3.05) is 14.1 Å². The smallest absolute Gasteiger partial charge is 0.364 e. The van der Waals surface area contributed by atoms with Crippen molar-refractivity contribution in [1.82, 2.24) is 25.2 Å². The standard InChI is InChI=1S/C13H17F3N6O/c1-17-12(21(2)8-10-4-5-23-20-10)18-6-9-7-22(3)19-11(9)13(14,15)16/h4-5,7H,6,8H2,1-3H3,(H,17,18). The van der Waals surface area contributed by atoms with Gasteiger partial charge in [-0.1, -0.05) is 5.16 Å². The topological polar surface area (TPSA) is 71.5 Å². The zero-order chi connectivity index (χ0) is 17.0. The van der Waals surface area contributed by atoms with E-state index in [1.165, 1.54) is 19.5 Å². The quantitative estimate of drug-likeness (QED) is 0.681. The van der Waals surface area contributed by atoms with Crippen LogP contribution >= 0.6 is 0 Å². The minimum atomic E-state index is -4.49. The number of nitrogens with zero attached hydrogens (tertiary/aromatic N) is 5. The lowest BCUT2D eigenvalue weighted by molar-refractivity contribution is -0.142. The summed E-state index contributed by atoms with van der Waals surface area (Å²) in [7, 11) is 4.75. The lowest BCUT2D eigenvalue weighted by Gasteiger charge is -2.21. The van der Waals surface area contributed by atoms with E-state index in [1.54, 1.807) is 25.1 Å². The van der Waals surface area contributed by atoms with Crippen molar-refractivity contribution in [2.24, 2.45) is 12.0 Å². The molecule has 2 heterocycles. The minimum absolute atomic E-state index is 0.0431. The highest BCUT2D eigenvalue weighted by Gasteiger charge is 2.36. The zero-order valence-corrected chi connectivity index (χ0v) is 12.9. The molecule has 2 rings (SSSR count). The molecule has 0 aliphatic carbocycles. The SMILES string of the molecule is CN=C(NCc1cn(C)nc1C(F)(F)F)N(C)Cc1ccon1. The van der Waals surface area contributed by atoms with Gasteiger partial charge in [-0.25, -0.2) is 0 Å². The Morgan fingerprint density at radius 2 is 2.22 bits per heavy atom. The Morgan fingerprint density at radius 3 is 2.78 bits per heavy atom. The number of rotatable bonds is 4. The molecule has 0 spiro atoms. The molecule has 7 nitrogen and oxygen atoms in total. The van der Waals surface area contributed by atoms with Crippen LogP contribution in [0.4, 0.5) is 13.2 Å². The van der Waals surface area contributed by atoms with Crippen LogP contribution in [-0.4, -0.2) is 39.9 Å². The van der Waals surface area contributed by atoms with Crippen molar-refractivity contribution < 1.29 is 17.7 Å². The first-order valence-corrected chi connectivity index (χ1v) is 6.72. The highest BCUT2D eigenvalue weighted by atomic mass is 19.4. The van der Waals surface area contributed by atoms with Crippen LogP contribution in [0.3, 0.4) is 0 Å². The van der Waals surface area contributed by atoms with Gasteiger partial charge >= 0.3 is 6.18 Å². The Labute approximate surface area is 130 Å². The lowest BCUT2D eigenvalue weighted by atomic mass is 10.2. The van der Waals surface area contributed by atoms with Gasteiger partial charge in [-0.15, -0.1) is 0 Å². The van der Waals surface area contributed by atoms with Gasteiger partial charge in [-0.3, -0.25) is 9.67 Å². The second-order valence-corrected chi connectivity index (χ2v) is 4.92. The molecule has 23 heavy (non-hydrogen) atoms. The van der Waals surface area contributed by atoms with Gasteiger partial charge < -0.3 is 14.7 Å². The molecule has 1 N–H and O–H groups in total. The van der Waals surface area contributed by atoms with Crippen LogP contribution in [0.15, 0.2) is 28.0 Å². The van der Waals surface area contributed by atoms with Crippen molar-refractivity contribution in [3.8, 4) is 0 Å². The predicted octanol–water partition coefficient (Wildman–Crippen LogP) is 1.63. The van der Waals surface area contributed by atoms with Gasteiger partial charge in [0.15, 0.2) is 11.7 Å². The third-order valence-electron chi connectivity index (χ3n) is 3.07. The molecule has 0 radical (unpaired) electrons. The minimum Gasteiger partial charge on any atom is -0.364 e. The summed E-state index contributed by atoms with van der Waals surface area (Å²) in [6.07, 6.45) is -1.71. The van der Waals surface area contributed by atoms with E-state index in [-0.39, 0.29) is 12.1 Å². The molecule has 0 unspecified atom stereocenters. The highest BCUT2D eigenvalue weighted by Crippen LogP contribution is 2.30. The van der Waals surface area contributed by atoms with E-state index >= 15 is 0 Å². The van der Waals surface area contributed by atoms with Crippen molar-refractivity contribution >= 4 is 5.96 Å². The molecule has 0 saturated heterocycles. The number of aryl methyl sites for hydroxylation is 1. The van der Waals surface area contributed by atoms with Crippen molar-refractivity contribution in [3.05, 3.63) is 35.5 Å². The normalized spacial score (nSPS) is 12.5. The third kappa shape index (κ3) is 4.24. The Bertz CT molecular complexity index is 662. The molecule has 126 valence electrons. The average Bonchev–Trinajstić information content (AvgIpc) is 3.08. The van der Waals surface area contributed by atoms with Gasteiger partial charge in [0.05, 0.1) is 6.54 Å². The van der Waals surface area contributed by atoms with Crippen molar-refractivity contribution in [2.45, 2.75) is 19.3 Å². The monoisotopic (exact) mass is 330 g/mol. The molecule has 0 aliphatic heterocycles. The van der Waals surface area contributed by atoms with Gasteiger partial charge in [0.1, 0.15) is 12.0 Å². The molecule has 0 fully saturated rings. The summed E-state index contributed by atoms with van der Waals surface area (Å²) < 4.78 is 44.6. The van der Waals surface area contributed by atoms with Crippen LogP contribution in [-0.2, 0) is 26.3 Å². The lowest BCUT2D eigenvalue weighted by Crippen LogP contribution is -2.38. The van der Waals surface area contributed by atoms with Crippen molar-refractivity contribution in [3.63, 3.8) is 0 Å². The number of hydrogen-bond donors (Lipinski definition) is 1. The second kappa shape index (κ2) is 6.71. The van der Waals surface area contributed by atoms with Crippen LogP contribution in [0.1, 0.15) is 17.0 Å². The fourth-order valence-electron chi connectivity index (χ4n) is 2.10. The largest absolute Gasteiger partial charge is 0.435 e. The third-order valence-corrected chi connectivity index (χ3v) is 3.07. The fraction of sp³-hybridized carbons (Fsp3) is 0.462. The first kappa shape index (κ1) is 16.8. The number of halogens is 3. The van der Waals surface area contributed by atoms with Crippen LogP contribution in [0.2, 0.25) is 0 Å². The van der Waals surface area contributed by atoms with E-state index in [0.717, 1.165) is 4.68 Å². The first-order chi connectivity index (χ1) is 10.8. The number of hydrogen-bond acceptors (Lipinski definition) is 4. The molecule has 0 saturated carbocycles. The highest BCUT2D eigenvalue weighted by molar-refractivity contribution is 5.79. The summed E-state index contributed by atoms with van der Waals surface area (Å²) in [5.41, 5.74) is -0.161. The van der Waals surface area contributed by atoms with E-state index in [2.05, 4.69) is 20.6 Å². The van der Waals surface area contributed by atoms with Crippen LogP contribution in [0.5, 0.6) is 0 Å². The molecule has 2 aromatic heterocycles. The number of alkyl halides is 3. The summed E-state index contributed by atoms with van der Waals surface area (Å²) in [6.45, 7) is 0.369. The van der Waals surface area contributed by atoms with Crippen molar-refractivity contribution in [1.29, 1.82) is 0 Å². The Balaban J connectivity index is 2.04. The van der Waals surface area contributed by atoms with Crippen LogP contribution < -0.4 is 5.32 Å². The molecule has 0 amide bonds. The second-order valence-electron chi connectivity index (χ2n) is 4.92. The van der Waals surface area contributed by atoms with E-state index in [1.807, 2.05) is 0 Å². The molecule has 0 bridgehead atoms. The Hall–Kier alpha value is -2.52. The maximum absolute atomic E-state index is 12.9. The summed E-state index contributed by atoms with van der Waals surface area (Å²) in [5, 5.41) is 10.1. The van der Waals surface area contributed by atoms with Gasteiger partial charge in [-0.05, 0) is 0 Å². The van der Waals surface area contributed by atoms with Gasteiger partial charge in [0, 0.05) is 45.5 Å². The molecule has 0 aromatic carbocycles. The molecule has 0 aliphatic rings. The number of aromatic nitrogens is 3. The molecule has 0 atom stereocenters. The van der Waals surface area contributed by atoms with Crippen LogP contribution in [0, 0.1) is 0 Å². The maximum atomic E-state index is 12.9. The Kier molecular flexibility index (Phi) is 4.92. The van der Waals surface area contributed by atoms with Gasteiger partial charge in [0.2, 0.25) is 0 Å². The van der Waals surface area contributed by atoms with E-state index < -0.39 is 11.9 Å². The number of aliphatic imine (C=N–C) groups is 1.